The van der Waals surface area contributed by atoms with Gasteiger partial charge in [-0.1, -0.05) is 18.2 Å². The first-order valence-corrected chi connectivity index (χ1v) is 8.05. The van der Waals surface area contributed by atoms with E-state index in [1.807, 2.05) is 0 Å². The lowest BCUT2D eigenvalue weighted by Gasteiger charge is -2.14. The molecule has 154 valence electrons. The van der Waals surface area contributed by atoms with Crippen LogP contribution in [-0.2, 0) is 0 Å². The summed E-state index contributed by atoms with van der Waals surface area (Å²) >= 11 is 0. The molecule has 0 amide bonds. The zero-order valence-electron chi connectivity index (χ0n) is 14.3. The van der Waals surface area contributed by atoms with Gasteiger partial charge in [-0.3, -0.25) is 4.99 Å². The van der Waals surface area contributed by atoms with E-state index in [4.69, 9.17) is 0 Å². The summed E-state index contributed by atoms with van der Waals surface area (Å²) in [5, 5.41) is 5.78. The van der Waals surface area contributed by atoms with Crippen molar-refractivity contribution in [2.24, 2.45) is 4.99 Å². The highest BCUT2D eigenvalue weighted by atomic mass is 127. The summed E-state index contributed by atoms with van der Waals surface area (Å²) in [6.07, 6.45) is -9.60. The predicted molar refractivity (Wildman–Crippen MR) is 99.5 cm³/mol. The quantitative estimate of drug-likeness (QED) is 0.255. The number of hydrogen-bond acceptors (Lipinski definition) is 2. The summed E-state index contributed by atoms with van der Waals surface area (Å²) in [5.74, 6) is -0.299. The number of benzene rings is 1. The number of aliphatic imine (C=N–C) groups is 1. The van der Waals surface area contributed by atoms with Gasteiger partial charge in [0.25, 0.3) is 0 Å². The second-order valence-corrected chi connectivity index (χ2v) is 5.80. The van der Waals surface area contributed by atoms with Crippen molar-refractivity contribution in [3.63, 3.8) is 0 Å². The Kier molecular flexibility index (Phi) is 8.48. The molecule has 0 spiro atoms. The standard InChI is InChI=1S/C16H19F6N3O.HI/c1-2-23-14(24-8-7-15(17,18)19)25-12-9-11(12)10-5-3-4-6-13(10)26-16(20,21)22;/h3-6,11-12H,2,7-9H2,1H3,(H2,23,24,25);1H. The molecule has 4 nitrogen and oxygen atoms in total. The minimum Gasteiger partial charge on any atom is -0.405 e. The number of guanidine groups is 1. The maximum Gasteiger partial charge on any atom is 0.573 e. The fourth-order valence-electron chi connectivity index (χ4n) is 2.49. The number of halogens is 7. The lowest BCUT2D eigenvalue weighted by molar-refractivity contribution is -0.274. The van der Waals surface area contributed by atoms with Crippen LogP contribution in [0.1, 0.15) is 31.2 Å². The van der Waals surface area contributed by atoms with Gasteiger partial charge < -0.3 is 15.4 Å². The Bertz CT molecular complexity index is 635. The predicted octanol–water partition coefficient (Wildman–Crippen LogP) is 4.57. The van der Waals surface area contributed by atoms with Gasteiger partial charge in [-0.05, 0) is 25.0 Å². The van der Waals surface area contributed by atoms with E-state index in [0.717, 1.165) is 0 Å². The summed E-state index contributed by atoms with van der Waals surface area (Å²) in [6, 6.07) is 5.60. The third kappa shape index (κ3) is 8.43. The van der Waals surface area contributed by atoms with E-state index in [1.165, 1.54) is 12.1 Å². The van der Waals surface area contributed by atoms with Crippen LogP contribution in [0.25, 0.3) is 0 Å². The van der Waals surface area contributed by atoms with Gasteiger partial charge in [0.05, 0.1) is 13.0 Å². The number of nitrogens with zero attached hydrogens (tertiary/aromatic N) is 1. The number of hydrogen-bond donors (Lipinski definition) is 2. The molecule has 0 heterocycles. The molecule has 1 saturated carbocycles. The van der Waals surface area contributed by atoms with Gasteiger partial charge in [0.2, 0.25) is 0 Å². The topological polar surface area (TPSA) is 45.7 Å². The highest BCUT2D eigenvalue weighted by Crippen LogP contribution is 2.45. The van der Waals surface area contributed by atoms with Crippen molar-refractivity contribution in [3.05, 3.63) is 29.8 Å². The molecule has 2 N–H and O–H groups in total. The number of ether oxygens (including phenoxy) is 1. The average Bonchev–Trinajstić information content (AvgIpc) is 3.24. The maximum atomic E-state index is 12.5. The molecule has 1 aliphatic carbocycles. The average molecular weight is 511 g/mol. The lowest BCUT2D eigenvalue weighted by atomic mass is 10.1. The van der Waals surface area contributed by atoms with Crippen LogP contribution in [0.5, 0.6) is 5.75 Å². The smallest absolute Gasteiger partial charge is 0.405 e. The van der Waals surface area contributed by atoms with Gasteiger partial charge in [0.1, 0.15) is 5.75 Å². The van der Waals surface area contributed by atoms with Crippen molar-refractivity contribution in [1.82, 2.24) is 10.6 Å². The summed E-state index contributed by atoms with van der Waals surface area (Å²) in [7, 11) is 0. The van der Waals surface area contributed by atoms with Crippen LogP contribution < -0.4 is 15.4 Å². The third-order valence-corrected chi connectivity index (χ3v) is 3.67. The summed E-state index contributed by atoms with van der Waals surface area (Å²) < 4.78 is 78.1. The van der Waals surface area contributed by atoms with Gasteiger partial charge in [-0.25, -0.2) is 0 Å². The fraction of sp³-hybridized carbons (Fsp3) is 0.562. The van der Waals surface area contributed by atoms with E-state index in [-0.39, 0.29) is 47.6 Å². The van der Waals surface area contributed by atoms with Gasteiger partial charge in [-0.2, -0.15) is 13.2 Å². The molecule has 1 aromatic carbocycles. The first-order valence-electron chi connectivity index (χ1n) is 8.05. The molecule has 27 heavy (non-hydrogen) atoms. The van der Waals surface area contributed by atoms with E-state index in [9.17, 15) is 26.3 Å². The molecule has 0 aromatic heterocycles. The Morgan fingerprint density at radius 1 is 1.19 bits per heavy atom. The lowest BCUT2D eigenvalue weighted by Crippen LogP contribution is -2.39. The van der Waals surface area contributed by atoms with E-state index >= 15 is 0 Å². The van der Waals surface area contributed by atoms with Crippen LogP contribution in [-0.4, -0.2) is 37.6 Å². The minimum atomic E-state index is -4.79. The molecule has 1 aromatic rings. The zero-order chi connectivity index (χ0) is 19.4. The Morgan fingerprint density at radius 3 is 2.44 bits per heavy atom. The Balaban J connectivity index is 0.00000364. The molecule has 2 rings (SSSR count). The monoisotopic (exact) mass is 511 g/mol. The molecule has 2 atom stereocenters. The second-order valence-electron chi connectivity index (χ2n) is 5.80. The molecule has 0 radical (unpaired) electrons. The van der Waals surface area contributed by atoms with Crippen LogP contribution >= 0.6 is 24.0 Å². The number of alkyl halides is 6. The van der Waals surface area contributed by atoms with E-state index in [2.05, 4.69) is 20.4 Å². The number of rotatable bonds is 6. The summed E-state index contributed by atoms with van der Waals surface area (Å²) in [4.78, 5) is 3.85. The van der Waals surface area contributed by atoms with Gasteiger partial charge in [0, 0.05) is 18.5 Å². The van der Waals surface area contributed by atoms with Crippen molar-refractivity contribution >= 4 is 29.9 Å². The summed E-state index contributed by atoms with van der Waals surface area (Å²) in [5.41, 5.74) is 0.397. The van der Waals surface area contributed by atoms with Crippen molar-refractivity contribution in [1.29, 1.82) is 0 Å². The van der Waals surface area contributed by atoms with E-state index < -0.39 is 25.5 Å². The molecule has 11 heteroatoms. The van der Waals surface area contributed by atoms with Gasteiger partial charge in [-0.15, -0.1) is 37.1 Å². The molecular formula is C16H20F6IN3O. The molecular weight excluding hydrogens is 491 g/mol. The number of nitrogens with one attached hydrogen (secondary N) is 2. The highest BCUT2D eigenvalue weighted by molar-refractivity contribution is 14.0. The van der Waals surface area contributed by atoms with Gasteiger partial charge in [0.15, 0.2) is 5.96 Å². The number of para-hydroxylation sites is 1. The van der Waals surface area contributed by atoms with Crippen molar-refractivity contribution < 1.29 is 31.1 Å². The molecule has 0 aliphatic heterocycles. The van der Waals surface area contributed by atoms with E-state index in [1.54, 1.807) is 19.1 Å². The molecule has 1 aliphatic rings. The molecule has 2 unspecified atom stereocenters. The SMILES string of the molecule is CCNC(=NCCC(F)(F)F)NC1CC1c1ccccc1OC(F)(F)F.I. The van der Waals surface area contributed by atoms with Crippen molar-refractivity contribution in [2.75, 3.05) is 13.1 Å². The zero-order valence-corrected chi connectivity index (χ0v) is 16.7. The molecule has 0 saturated heterocycles. The first kappa shape index (κ1) is 23.6. The van der Waals surface area contributed by atoms with Crippen LogP contribution in [0.4, 0.5) is 26.3 Å². The van der Waals surface area contributed by atoms with Crippen LogP contribution in [0, 0.1) is 0 Å². The normalized spacial score (nSPS) is 19.9. The van der Waals surface area contributed by atoms with E-state index in [0.29, 0.717) is 18.5 Å². The van der Waals surface area contributed by atoms with Crippen molar-refractivity contribution in [3.8, 4) is 5.75 Å². The molecule has 0 bridgehead atoms. The third-order valence-electron chi connectivity index (χ3n) is 3.67. The highest BCUT2D eigenvalue weighted by Gasteiger charge is 2.42. The fourth-order valence-corrected chi connectivity index (χ4v) is 2.49. The van der Waals surface area contributed by atoms with Crippen molar-refractivity contribution in [2.45, 2.75) is 44.3 Å². The van der Waals surface area contributed by atoms with Crippen LogP contribution in [0.15, 0.2) is 29.3 Å². The Morgan fingerprint density at radius 2 is 1.85 bits per heavy atom. The van der Waals surface area contributed by atoms with Gasteiger partial charge >= 0.3 is 12.5 Å². The maximum absolute atomic E-state index is 12.5. The Hall–Kier alpha value is -1.40. The second kappa shape index (κ2) is 9.69. The minimum absolute atomic E-state index is 0. The largest absolute Gasteiger partial charge is 0.573 e. The molecule has 1 fully saturated rings. The van der Waals surface area contributed by atoms with Crippen LogP contribution in [0.3, 0.4) is 0 Å². The Labute approximate surface area is 169 Å². The summed E-state index contributed by atoms with van der Waals surface area (Å²) in [6.45, 7) is 1.78. The van der Waals surface area contributed by atoms with Crippen LogP contribution in [0.2, 0.25) is 0 Å². The first-order chi connectivity index (χ1) is 12.1.